The largest absolute Gasteiger partial charge is 0.383 e. The number of carbonyl (C=O) groups excluding carboxylic acids is 1. The normalized spacial score (nSPS) is 21.2. The van der Waals surface area contributed by atoms with Gasteiger partial charge in [0, 0.05) is 24.2 Å². The van der Waals surface area contributed by atoms with Crippen LogP contribution in [0.25, 0.3) is 0 Å². The molecule has 1 fully saturated rings. The van der Waals surface area contributed by atoms with Gasteiger partial charge in [0.1, 0.15) is 5.82 Å². The molecule has 0 radical (unpaired) electrons. The van der Waals surface area contributed by atoms with Gasteiger partial charge in [-0.1, -0.05) is 0 Å². The first-order chi connectivity index (χ1) is 7.29. The van der Waals surface area contributed by atoms with Crippen molar-refractivity contribution in [3.05, 3.63) is 23.9 Å². The molecule has 4 nitrogen and oxygen atoms in total. The second-order valence-electron chi connectivity index (χ2n) is 3.38. The number of hydrogen-bond acceptors (Lipinski definition) is 5. The molecule has 1 aromatic rings. The topological polar surface area (TPSA) is 68.0 Å². The Morgan fingerprint density at radius 1 is 1.67 bits per heavy atom. The molecule has 2 heterocycles. The fourth-order valence-electron chi connectivity index (χ4n) is 1.55. The van der Waals surface area contributed by atoms with E-state index in [2.05, 4.69) is 10.3 Å². The molecule has 1 atom stereocenters. The number of aromatic nitrogens is 1. The Hall–Kier alpha value is -1.07. The first kappa shape index (κ1) is 10.4. The highest BCUT2D eigenvalue weighted by atomic mass is 32.2. The highest BCUT2D eigenvalue weighted by Gasteiger charge is 2.23. The Morgan fingerprint density at radius 2 is 2.53 bits per heavy atom. The number of nitrogens with one attached hydrogen (secondary N) is 1. The Balaban J connectivity index is 2.16. The van der Waals surface area contributed by atoms with Gasteiger partial charge < -0.3 is 11.1 Å². The van der Waals surface area contributed by atoms with Crippen molar-refractivity contribution < 1.29 is 4.79 Å². The van der Waals surface area contributed by atoms with Crippen LogP contribution in [0.2, 0.25) is 0 Å². The van der Waals surface area contributed by atoms with Crippen LogP contribution in [0.1, 0.15) is 10.4 Å². The summed E-state index contributed by atoms with van der Waals surface area (Å²) < 4.78 is 0. The molecule has 0 aromatic carbocycles. The van der Waals surface area contributed by atoms with Crippen LogP contribution in [0.4, 0.5) is 5.82 Å². The number of nitrogen functional groups attached to an aromatic ring is 1. The van der Waals surface area contributed by atoms with Gasteiger partial charge in [0.15, 0.2) is 5.78 Å². The SMILES string of the molecule is Nc1ncccc1C(=O)C1CSCCN1. The van der Waals surface area contributed by atoms with Gasteiger partial charge >= 0.3 is 0 Å². The molecule has 1 aliphatic heterocycles. The molecule has 0 bridgehead atoms. The molecule has 1 unspecified atom stereocenters. The molecule has 2 rings (SSSR count). The zero-order valence-electron chi connectivity index (χ0n) is 8.27. The van der Waals surface area contributed by atoms with Crippen LogP contribution in [0.3, 0.4) is 0 Å². The monoisotopic (exact) mass is 223 g/mol. The predicted molar refractivity (Wildman–Crippen MR) is 62.1 cm³/mol. The average Bonchev–Trinajstić information content (AvgIpc) is 2.30. The maximum atomic E-state index is 12.0. The van der Waals surface area contributed by atoms with Crippen LogP contribution in [0, 0.1) is 0 Å². The van der Waals surface area contributed by atoms with Crippen molar-refractivity contribution in [1.29, 1.82) is 0 Å². The summed E-state index contributed by atoms with van der Waals surface area (Å²) in [5.74, 6) is 2.24. The van der Waals surface area contributed by atoms with Gasteiger partial charge in [-0.15, -0.1) is 0 Å². The molecule has 1 aliphatic rings. The summed E-state index contributed by atoms with van der Waals surface area (Å²) in [7, 11) is 0. The van der Waals surface area contributed by atoms with E-state index in [0.29, 0.717) is 11.4 Å². The number of nitrogens with zero attached hydrogens (tertiary/aromatic N) is 1. The van der Waals surface area contributed by atoms with E-state index in [1.165, 1.54) is 0 Å². The van der Waals surface area contributed by atoms with Crippen molar-refractivity contribution in [2.75, 3.05) is 23.8 Å². The van der Waals surface area contributed by atoms with Crippen LogP contribution in [-0.2, 0) is 0 Å². The van der Waals surface area contributed by atoms with E-state index in [4.69, 9.17) is 5.73 Å². The lowest BCUT2D eigenvalue weighted by Gasteiger charge is -2.22. The number of hydrogen-bond donors (Lipinski definition) is 2. The van der Waals surface area contributed by atoms with Crippen LogP contribution in [0.15, 0.2) is 18.3 Å². The Morgan fingerprint density at radius 3 is 3.20 bits per heavy atom. The van der Waals surface area contributed by atoms with Crippen LogP contribution >= 0.6 is 11.8 Å². The third-order valence-electron chi connectivity index (χ3n) is 2.34. The Labute approximate surface area is 92.6 Å². The van der Waals surface area contributed by atoms with Crippen molar-refractivity contribution in [3.8, 4) is 0 Å². The van der Waals surface area contributed by atoms with Gasteiger partial charge in [0.2, 0.25) is 0 Å². The third-order valence-corrected chi connectivity index (χ3v) is 3.40. The first-order valence-corrected chi connectivity index (χ1v) is 6.00. The second kappa shape index (κ2) is 4.63. The summed E-state index contributed by atoms with van der Waals surface area (Å²) in [5.41, 5.74) is 6.19. The molecule has 5 heteroatoms. The van der Waals surface area contributed by atoms with E-state index in [0.717, 1.165) is 18.1 Å². The van der Waals surface area contributed by atoms with Crippen LogP contribution < -0.4 is 11.1 Å². The number of nitrogens with two attached hydrogens (primary N) is 1. The molecule has 1 aromatic heterocycles. The predicted octanol–water partition coefficient (Wildman–Crippen LogP) is 0.551. The summed E-state index contributed by atoms with van der Waals surface area (Å²) >= 11 is 1.79. The highest BCUT2D eigenvalue weighted by Crippen LogP contribution is 2.15. The zero-order valence-corrected chi connectivity index (χ0v) is 9.09. The summed E-state index contributed by atoms with van der Waals surface area (Å²) in [4.78, 5) is 15.9. The molecule has 1 saturated heterocycles. The summed E-state index contributed by atoms with van der Waals surface area (Å²) in [6, 6.07) is 3.35. The minimum Gasteiger partial charge on any atom is -0.383 e. The maximum Gasteiger partial charge on any atom is 0.184 e. The number of Topliss-reactive ketones (excluding diaryl/α,β-unsaturated/α-hetero) is 1. The number of anilines is 1. The van der Waals surface area contributed by atoms with Gasteiger partial charge in [-0.3, -0.25) is 4.79 Å². The van der Waals surface area contributed by atoms with Gasteiger partial charge in [-0.05, 0) is 12.1 Å². The molecule has 80 valence electrons. The van der Waals surface area contributed by atoms with Crippen LogP contribution in [-0.4, -0.2) is 34.9 Å². The quantitative estimate of drug-likeness (QED) is 0.717. The van der Waals surface area contributed by atoms with Crippen molar-refractivity contribution >= 4 is 23.4 Å². The lowest BCUT2D eigenvalue weighted by Crippen LogP contribution is -2.43. The fraction of sp³-hybridized carbons (Fsp3) is 0.400. The number of thioether (sulfide) groups is 1. The number of pyridine rings is 1. The number of ketones is 1. The van der Waals surface area contributed by atoms with E-state index in [1.807, 2.05) is 0 Å². The lowest BCUT2D eigenvalue weighted by atomic mass is 10.1. The van der Waals surface area contributed by atoms with Gasteiger partial charge in [0.05, 0.1) is 11.6 Å². The molecule has 15 heavy (non-hydrogen) atoms. The smallest absolute Gasteiger partial charge is 0.184 e. The minimum atomic E-state index is -0.116. The van der Waals surface area contributed by atoms with Gasteiger partial charge in [0.25, 0.3) is 0 Å². The molecular weight excluding hydrogens is 210 g/mol. The van der Waals surface area contributed by atoms with Crippen molar-refractivity contribution in [2.24, 2.45) is 0 Å². The first-order valence-electron chi connectivity index (χ1n) is 4.85. The number of rotatable bonds is 2. The second-order valence-corrected chi connectivity index (χ2v) is 4.53. The highest BCUT2D eigenvalue weighted by molar-refractivity contribution is 7.99. The molecule has 0 aliphatic carbocycles. The molecular formula is C10H13N3OS. The Kier molecular flexibility index (Phi) is 3.23. The standard InChI is InChI=1S/C10H13N3OS/c11-10-7(2-1-3-13-10)9(14)8-6-15-5-4-12-8/h1-3,8,12H,4-6H2,(H2,11,13). The third kappa shape index (κ3) is 2.30. The van der Waals surface area contributed by atoms with Gasteiger partial charge in [-0.2, -0.15) is 11.8 Å². The lowest BCUT2D eigenvalue weighted by molar-refractivity contribution is 0.0953. The molecule has 0 amide bonds. The summed E-state index contributed by atoms with van der Waals surface area (Å²) in [6.45, 7) is 0.876. The van der Waals surface area contributed by atoms with Gasteiger partial charge in [-0.25, -0.2) is 4.98 Å². The zero-order chi connectivity index (χ0) is 10.7. The minimum absolute atomic E-state index is 0.0489. The molecule has 0 spiro atoms. The average molecular weight is 223 g/mol. The summed E-state index contributed by atoms with van der Waals surface area (Å²) in [5, 5.41) is 3.19. The maximum absolute atomic E-state index is 12.0. The summed E-state index contributed by atoms with van der Waals surface area (Å²) in [6.07, 6.45) is 1.59. The van der Waals surface area contributed by atoms with E-state index >= 15 is 0 Å². The van der Waals surface area contributed by atoms with E-state index in [9.17, 15) is 4.79 Å². The van der Waals surface area contributed by atoms with E-state index in [-0.39, 0.29) is 11.8 Å². The van der Waals surface area contributed by atoms with Crippen LogP contribution in [0.5, 0.6) is 0 Å². The van der Waals surface area contributed by atoms with Crippen molar-refractivity contribution in [2.45, 2.75) is 6.04 Å². The van der Waals surface area contributed by atoms with Crippen molar-refractivity contribution in [3.63, 3.8) is 0 Å². The number of carbonyl (C=O) groups is 1. The molecule has 0 saturated carbocycles. The van der Waals surface area contributed by atoms with Crippen molar-refractivity contribution in [1.82, 2.24) is 10.3 Å². The van der Waals surface area contributed by atoms with E-state index in [1.54, 1.807) is 30.1 Å². The molecule has 3 N–H and O–H groups in total. The Bertz CT molecular complexity index is 363. The fourth-order valence-corrected chi connectivity index (χ4v) is 2.48. The van der Waals surface area contributed by atoms with E-state index < -0.39 is 0 Å².